The Bertz CT molecular complexity index is 1630. The van der Waals surface area contributed by atoms with Crippen LogP contribution in [0.4, 0.5) is 0 Å². The summed E-state index contributed by atoms with van der Waals surface area (Å²) in [6.07, 6.45) is 1.49. The number of hydrogen-bond donors (Lipinski definition) is 3. The second-order valence-electron chi connectivity index (χ2n) is 9.59. The first-order chi connectivity index (χ1) is 21.7. The van der Waals surface area contributed by atoms with Gasteiger partial charge in [0.1, 0.15) is 12.4 Å². The van der Waals surface area contributed by atoms with Crippen molar-refractivity contribution < 1.29 is 28.5 Å². The van der Waals surface area contributed by atoms with E-state index in [1.54, 1.807) is 56.3 Å². The van der Waals surface area contributed by atoms with E-state index in [1.165, 1.54) is 6.21 Å². The molecule has 0 saturated heterocycles. The molecule has 0 fully saturated rings. The molecule has 45 heavy (non-hydrogen) atoms. The molecule has 3 aromatic rings. The third-order valence-electron chi connectivity index (χ3n) is 6.36. The summed E-state index contributed by atoms with van der Waals surface area (Å²) < 4.78 is 23.6. The second kappa shape index (κ2) is 16.3. The molecule has 1 atom stereocenters. The summed E-state index contributed by atoms with van der Waals surface area (Å²) >= 11 is 15.0. The molecule has 0 radical (unpaired) electrons. The van der Waals surface area contributed by atoms with Crippen LogP contribution in [0.2, 0.25) is 5.02 Å². The maximum absolute atomic E-state index is 12.8. The van der Waals surface area contributed by atoms with Gasteiger partial charge >= 0.3 is 5.97 Å². The van der Waals surface area contributed by atoms with Crippen LogP contribution in [-0.4, -0.2) is 43.0 Å². The molecule has 10 nitrogen and oxygen atoms in total. The molecule has 1 heterocycles. The third-order valence-corrected chi connectivity index (χ3v) is 7.40. The van der Waals surface area contributed by atoms with Crippen LogP contribution in [0.15, 0.2) is 81.5 Å². The average molecular weight is 716 g/mol. The second-order valence-corrected chi connectivity index (χ2v) is 11.3. The van der Waals surface area contributed by atoms with Gasteiger partial charge in [-0.3, -0.25) is 4.79 Å². The first-order valence-corrected chi connectivity index (χ1v) is 15.6. The predicted octanol–water partition coefficient (Wildman–Crippen LogP) is 5.97. The summed E-state index contributed by atoms with van der Waals surface area (Å²) in [5, 5.41) is 11.1. The molecule has 0 spiro atoms. The van der Waals surface area contributed by atoms with Crippen LogP contribution < -0.4 is 30.3 Å². The molecule has 1 aliphatic heterocycles. The van der Waals surface area contributed by atoms with Crippen LogP contribution in [0.25, 0.3) is 0 Å². The van der Waals surface area contributed by atoms with Gasteiger partial charge < -0.3 is 29.6 Å². The Hall–Kier alpha value is -4.13. The Morgan fingerprint density at radius 2 is 1.84 bits per heavy atom. The van der Waals surface area contributed by atoms with Crippen molar-refractivity contribution in [2.75, 3.05) is 19.8 Å². The normalized spacial score (nSPS) is 14.4. The van der Waals surface area contributed by atoms with Crippen molar-refractivity contribution in [1.82, 2.24) is 16.1 Å². The van der Waals surface area contributed by atoms with Crippen LogP contribution in [0.5, 0.6) is 17.2 Å². The van der Waals surface area contributed by atoms with Gasteiger partial charge in [0.05, 0.1) is 35.5 Å². The lowest BCUT2D eigenvalue weighted by molar-refractivity contribution is -0.139. The Morgan fingerprint density at radius 3 is 2.60 bits per heavy atom. The number of amides is 1. The van der Waals surface area contributed by atoms with E-state index in [0.29, 0.717) is 67.5 Å². The molecule has 1 amide bonds. The van der Waals surface area contributed by atoms with E-state index in [9.17, 15) is 9.59 Å². The van der Waals surface area contributed by atoms with Crippen LogP contribution in [0, 0.1) is 0 Å². The van der Waals surface area contributed by atoms with E-state index in [2.05, 4.69) is 37.1 Å². The number of rotatable bonds is 13. The maximum Gasteiger partial charge on any atom is 0.338 e. The lowest BCUT2D eigenvalue weighted by Gasteiger charge is -2.30. The van der Waals surface area contributed by atoms with Gasteiger partial charge in [-0.2, -0.15) is 5.10 Å². The first-order valence-electron chi connectivity index (χ1n) is 14.0. The minimum Gasteiger partial charge on any atom is -0.490 e. The van der Waals surface area contributed by atoms with E-state index >= 15 is 0 Å². The number of halogens is 2. The predicted molar refractivity (Wildman–Crippen MR) is 180 cm³/mol. The number of allylic oxidation sites excluding steroid dienone is 1. The molecule has 0 aliphatic carbocycles. The topological polar surface area (TPSA) is 120 Å². The minimum absolute atomic E-state index is 0.220. The van der Waals surface area contributed by atoms with Crippen molar-refractivity contribution in [3.05, 3.63) is 98.1 Å². The zero-order valence-electron chi connectivity index (χ0n) is 24.8. The molecule has 3 N–H and O–H groups in total. The van der Waals surface area contributed by atoms with Crippen molar-refractivity contribution in [1.29, 1.82) is 0 Å². The zero-order valence-corrected chi connectivity index (χ0v) is 28.0. The van der Waals surface area contributed by atoms with Gasteiger partial charge in [-0.25, -0.2) is 10.2 Å². The molecule has 0 bridgehead atoms. The highest BCUT2D eigenvalue weighted by Gasteiger charge is 2.32. The molecule has 1 aliphatic rings. The van der Waals surface area contributed by atoms with E-state index in [0.717, 1.165) is 5.56 Å². The van der Waals surface area contributed by atoms with Gasteiger partial charge in [-0.05, 0) is 90.4 Å². The smallest absolute Gasteiger partial charge is 0.338 e. The Labute approximate surface area is 280 Å². The number of para-hydroxylation sites is 1. The van der Waals surface area contributed by atoms with Crippen LogP contribution in [-0.2, 0) is 20.9 Å². The lowest BCUT2D eigenvalue weighted by atomic mass is 9.95. The van der Waals surface area contributed by atoms with E-state index in [1.807, 2.05) is 25.1 Å². The summed E-state index contributed by atoms with van der Waals surface area (Å²) in [6, 6.07) is 17.4. The molecule has 0 unspecified atom stereocenters. The van der Waals surface area contributed by atoms with Crippen LogP contribution >= 0.6 is 39.7 Å². The highest BCUT2D eigenvalue weighted by Crippen LogP contribution is 2.37. The molecule has 0 saturated carbocycles. The van der Waals surface area contributed by atoms with Crippen molar-refractivity contribution in [3.63, 3.8) is 0 Å². The molecule has 236 valence electrons. The zero-order chi connectivity index (χ0) is 32.3. The van der Waals surface area contributed by atoms with E-state index < -0.39 is 17.9 Å². The fourth-order valence-corrected chi connectivity index (χ4v) is 5.52. The summed E-state index contributed by atoms with van der Waals surface area (Å²) in [6.45, 7) is 5.97. The van der Waals surface area contributed by atoms with E-state index in [4.69, 9.17) is 42.8 Å². The Balaban J connectivity index is 1.41. The van der Waals surface area contributed by atoms with Gasteiger partial charge in [0.25, 0.3) is 5.91 Å². The van der Waals surface area contributed by atoms with Crippen molar-refractivity contribution in [2.45, 2.75) is 33.4 Å². The molecule has 13 heteroatoms. The van der Waals surface area contributed by atoms with Crippen LogP contribution in [0.1, 0.15) is 43.5 Å². The van der Waals surface area contributed by atoms with Gasteiger partial charge in [0, 0.05) is 16.3 Å². The summed E-state index contributed by atoms with van der Waals surface area (Å²) in [4.78, 5) is 25.4. The number of thiocarbonyl (C=S) groups is 1. The van der Waals surface area contributed by atoms with Crippen LogP contribution in [0.3, 0.4) is 0 Å². The Kier molecular flexibility index (Phi) is 12.2. The lowest BCUT2D eigenvalue weighted by Crippen LogP contribution is -2.45. The summed E-state index contributed by atoms with van der Waals surface area (Å²) in [7, 11) is 0. The number of hydrogen-bond acceptors (Lipinski definition) is 8. The number of carbonyl (C=O) groups excluding carboxylic acids is 2. The van der Waals surface area contributed by atoms with Crippen molar-refractivity contribution in [3.8, 4) is 17.2 Å². The summed E-state index contributed by atoms with van der Waals surface area (Å²) in [5.41, 5.74) is 5.60. The van der Waals surface area contributed by atoms with Gasteiger partial charge in [-0.1, -0.05) is 41.9 Å². The van der Waals surface area contributed by atoms with Gasteiger partial charge in [0.2, 0.25) is 0 Å². The van der Waals surface area contributed by atoms with Crippen molar-refractivity contribution >= 4 is 63.0 Å². The average Bonchev–Trinajstić information content (AvgIpc) is 2.99. The highest BCUT2D eigenvalue weighted by atomic mass is 79.9. The molecular formula is C32H32BrClN4O6S. The fraction of sp³-hybridized carbons (Fsp3) is 0.250. The standard InChI is InChI=1S/C32H32BrClN4O6S/c1-4-41-26-15-21(14-24(33)30(26)44-17-20-9-8-10-22(34)13-20)16-35-38-27(39)18-43-25-12-7-6-11-23(25)29-28(31(40)42-5-2)19(3)36-32(45)37-29/h6-16,29H,4-5,17-18H2,1-3H3,(H,38,39)(H2,36,37,45)/t29-/m1/s1. The molecule has 0 aromatic heterocycles. The SMILES string of the molecule is CCOC(=O)C1=C(C)NC(=S)N[C@@H]1c1ccccc1OCC(=O)NN=Cc1cc(Br)c(OCc2cccc(Cl)c2)c(OCC)c1. The quantitative estimate of drug-likeness (QED) is 0.0852. The molecular weight excluding hydrogens is 684 g/mol. The third kappa shape index (κ3) is 9.19. The molecule has 3 aromatic carbocycles. The first kappa shape index (κ1) is 33.8. The largest absolute Gasteiger partial charge is 0.490 e. The maximum atomic E-state index is 12.8. The molecule has 4 rings (SSSR count). The number of carbonyl (C=O) groups is 2. The fourth-order valence-electron chi connectivity index (χ4n) is 4.46. The van der Waals surface area contributed by atoms with Gasteiger partial charge in [0.15, 0.2) is 23.2 Å². The number of benzene rings is 3. The minimum atomic E-state index is -0.634. The highest BCUT2D eigenvalue weighted by molar-refractivity contribution is 9.10. The number of ether oxygens (including phenoxy) is 4. The summed E-state index contributed by atoms with van der Waals surface area (Å²) in [5.74, 6) is 0.471. The Morgan fingerprint density at radius 1 is 1.04 bits per heavy atom. The number of esters is 1. The van der Waals surface area contributed by atoms with Crippen molar-refractivity contribution in [2.24, 2.45) is 5.10 Å². The monoisotopic (exact) mass is 714 g/mol. The number of hydrazone groups is 1. The number of nitrogens with zero attached hydrogens (tertiary/aromatic N) is 1. The van der Waals surface area contributed by atoms with E-state index in [-0.39, 0.29) is 13.2 Å². The number of nitrogens with one attached hydrogen (secondary N) is 3. The van der Waals surface area contributed by atoms with Gasteiger partial charge in [-0.15, -0.1) is 0 Å².